The van der Waals surface area contributed by atoms with Crippen LogP contribution in [0.25, 0.3) is 11.1 Å². The van der Waals surface area contributed by atoms with Crippen molar-refractivity contribution < 1.29 is 24.5 Å². The highest BCUT2D eigenvalue weighted by molar-refractivity contribution is 9.11. The Morgan fingerprint density at radius 1 is 1.06 bits per heavy atom. The normalized spacial score (nSPS) is 15.7. The summed E-state index contributed by atoms with van der Waals surface area (Å²) in [4.78, 5) is 11.1. The molecule has 1 heterocycles. The number of hydrogen-bond acceptors (Lipinski definition) is 5. The predicted octanol–water partition coefficient (Wildman–Crippen LogP) is 6.06. The molecular formula is C26H24Br3NO5. The number of carboxylic acid groups (broad SMARTS) is 1. The monoisotopic (exact) mass is 667 g/mol. The number of nitrogens with one attached hydrogen (secondary N) is 1. The smallest absolute Gasteiger partial charge is 0.335 e. The van der Waals surface area contributed by atoms with Crippen molar-refractivity contribution in [3.8, 4) is 22.6 Å². The highest BCUT2D eigenvalue weighted by atomic mass is 79.9. The van der Waals surface area contributed by atoms with Crippen molar-refractivity contribution in [3.05, 3.63) is 79.1 Å². The fraction of sp³-hybridized carbons (Fsp3) is 0.269. The van der Waals surface area contributed by atoms with E-state index in [1.54, 1.807) is 12.1 Å². The summed E-state index contributed by atoms with van der Waals surface area (Å²) in [6.07, 6.45) is 1.11. The molecular weight excluding hydrogens is 646 g/mol. The van der Waals surface area contributed by atoms with Crippen LogP contribution in [0.15, 0.2) is 68.0 Å². The highest BCUT2D eigenvalue weighted by Crippen LogP contribution is 2.36. The Morgan fingerprint density at radius 2 is 1.74 bits per heavy atom. The van der Waals surface area contributed by atoms with Gasteiger partial charge in [-0.1, -0.05) is 34.1 Å². The zero-order valence-corrected chi connectivity index (χ0v) is 23.4. The lowest BCUT2D eigenvalue weighted by atomic mass is 9.96. The molecule has 3 aromatic carbocycles. The first kappa shape index (κ1) is 26.2. The summed E-state index contributed by atoms with van der Waals surface area (Å²) in [5.74, 6) is 0.584. The first-order chi connectivity index (χ1) is 16.8. The van der Waals surface area contributed by atoms with Crippen molar-refractivity contribution in [2.24, 2.45) is 0 Å². The number of halogens is 3. The first-order valence-corrected chi connectivity index (χ1v) is 13.5. The van der Waals surface area contributed by atoms with Gasteiger partial charge in [-0.3, -0.25) is 0 Å². The van der Waals surface area contributed by atoms with Gasteiger partial charge in [-0.15, -0.1) is 0 Å². The molecule has 1 aliphatic heterocycles. The molecule has 0 radical (unpaired) electrons. The molecule has 0 saturated carbocycles. The molecule has 0 bridgehead atoms. The third-order valence-corrected chi connectivity index (χ3v) is 7.33. The second kappa shape index (κ2) is 11.9. The van der Waals surface area contributed by atoms with Crippen molar-refractivity contribution in [1.82, 2.24) is 5.32 Å². The van der Waals surface area contributed by atoms with Gasteiger partial charge in [0.2, 0.25) is 0 Å². The van der Waals surface area contributed by atoms with Crippen LogP contribution in [0.1, 0.15) is 22.3 Å². The van der Waals surface area contributed by atoms with E-state index >= 15 is 0 Å². The summed E-state index contributed by atoms with van der Waals surface area (Å²) >= 11 is 10.4. The fourth-order valence-corrected chi connectivity index (χ4v) is 6.38. The van der Waals surface area contributed by atoms with E-state index in [2.05, 4.69) is 59.2 Å². The number of benzene rings is 3. The summed E-state index contributed by atoms with van der Waals surface area (Å²) in [5, 5.41) is 22.7. The largest absolute Gasteiger partial charge is 0.489 e. The Hall–Kier alpha value is -1.91. The number of hydrogen-bond donors (Lipinski definition) is 3. The second-order valence-corrected chi connectivity index (χ2v) is 10.9. The van der Waals surface area contributed by atoms with Crippen molar-refractivity contribution in [1.29, 1.82) is 0 Å². The second-order valence-electron chi connectivity index (χ2n) is 8.31. The number of carbonyl (C=O) groups is 1. The van der Waals surface area contributed by atoms with E-state index in [1.165, 1.54) is 0 Å². The molecule has 0 fully saturated rings. The van der Waals surface area contributed by atoms with Gasteiger partial charge in [0.15, 0.2) is 0 Å². The lowest BCUT2D eigenvalue weighted by Crippen LogP contribution is -2.39. The van der Waals surface area contributed by atoms with Crippen LogP contribution in [0.3, 0.4) is 0 Å². The lowest BCUT2D eigenvalue weighted by Gasteiger charge is -2.27. The number of ether oxygens (including phenoxy) is 2. The van der Waals surface area contributed by atoms with Gasteiger partial charge >= 0.3 is 5.97 Å². The van der Waals surface area contributed by atoms with Crippen LogP contribution in [0.2, 0.25) is 0 Å². The van der Waals surface area contributed by atoms with Crippen LogP contribution >= 0.6 is 47.8 Å². The third kappa shape index (κ3) is 6.86. The van der Waals surface area contributed by atoms with Crippen LogP contribution in [-0.2, 0) is 6.42 Å². The molecule has 0 amide bonds. The summed E-state index contributed by atoms with van der Waals surface area (Å²) < 4.78 is 14.5. The number of rotatable bonds is 9. The van der Waals surface area contributed by atoms with Crippen LogP contribution < -0.4 is 14.8 Å². The summed E-state index contributed by atoms with van der Waals surface area (Å²) in [5.41, 5.74) is 3.42. The number of carboxylic acids is 1. The molecule has 2 atom stereocenters. The Kier molecular flexibility index (Phi) is 8.88. The van der Waals surface area contributed by atoms with Gasteiger partial charge in [0.25, 0.3) is 0 Å². The molecule has 9 heteroatoms. The minimum Gasteiger partial charge on any atom is -0.489 e. The maximum Gasteiger partial charge on any atom is 0.335 e. The Bertz CT molecular complexity index is 1180. The molecule has 4 rings (SSSR count). The number of aryl methyl sites for hydroxylation is 1. The Morgan fingerprint density at radius 3 is 2.43 bits per heavy atom. The summed E-state index contributed by atoms with van der Waals surface area (Å²) in [6.45, 7) is 1.18. The van der Waals surface area contributed by atoms with Gasteiger partial charge < -0.3 is 25.0 Å². The lowest BCUT2D eigenvalue weighted by molar-refractivity contribution is 0.0697. The molecule has 3 aromatic rings. The van der Waals surface area contributed by atoms with Crippen LogP contribution in [-0.4, -0.2) is 48.1 Å². The Labute approximate surface area is 229 Å². The fourth-order valence-electron chi connectivity index (χ4n) is 3.89. The van der Waals surface area contributed by atoms with Gasteiger partial charge in [0.05, 0.1) is 14.5 Å². The van der Waals surface area contributed by atoms with Gasteiger partial charge in [-0.2, -0.15) is 0 Å². The molecule has 0 aliphatic carbocycles. The van der Waals surface area contributed by atoms with Crippen LogP contribution in [0.4, 0.5) is 0 Å². The van der Waals surface area contributed by atoms with E-state index in [-0.39, 0.29) is 18.3 Å². The van der Waals surface area contributed by atoms with Crippen LogP contribution in [0, 0.1) is 0 Å². The molecule has 0 spiro atoms. The van der Waals surface area contributed by atoms with E-state index in [0.29, 0.717) is 18.8 Å². The van der Waals surface area contributed by atoms with E-state index in [4.69, 9.17) is 14.6 Å². The van der Waals surface area contributed by atoms with Crippen molar-refractivity contribution in [2.45, 2.75) is 25.0 Å². The summed E-state index contributed by atoms with van der Waals surface area (Å²) in [7, 11) is 0. The highest BCUT2D eigenvalue weighted by Gasteiger charge is 2.21. The van der Waals surface area contributed by atoms with Gasteiger partial charge in [-0.05, 0) is 97.8 Å². The van der Waals surface area contributed by atoms with Crippen LogP contribution in [0.5, 0.6) is 11.5 Å². The number of aliphatic hydroxyl groups is 1. The maximum absolute atomic E-state index is 11.1. The number of fused-ring (bicyclic) bond motifs is 1. The average Bonchev–Trinajstić information content (AvgIpc) is 2.83. The van der Waals surface area contributed by atoms with Gasteiger partial charge in [0.1, 0.15) is 30.3 Å². The van der Waals surface area contributed by atoms with Crippen molar-refractivity contribution in [3.63, 3.8) is 0 Å². The van der Waals surface area contributed by atoms with E-state index in [0.717, 1.165) is 48.7 Å². The average molecular weight is 670 g/mol. The minimum atomic E-state index is -0.930. The van der Waals surface area contributed by atoms with Gasteiger partial charge in [-0.25, -0.2) is 4.79 Å². The summed E-state index contributed by atoms with van der Waals surface area (Å²) in [6, 6.07) is 16.7. The Balaban J connectivity index is 1.25. The molecule has 0 saturated heterocycles. The molecule has 1 aliphatic rings. The molecule has 6 nitrogen and oxygen atoms in total. The van der Waals surface area contributed by atoms with E-state index < -0.39 is 12.1 Å². The molecule has 184 valence electrons. The topological polar surface area (TPSA) is 88.0 Å². The molecule has 2 unspecified atom stereocenters. The predicted molar refractivity (Wildman–Crippen MR) is 145 cm³/mol. The molecule has 0 aromatic heterocycles. The quantitative estimate of drug-likeness (QED) is 0.257. The van der Waals surface area contributed by atoms with Crippen molar-refractivity contribution >= 4 is 53.8 Å². The number of aliphatic hydroxyl groups excluding tert-OH is 1. The first-order valence-electron chi connectivity index (χ1n) is 11.1. The number of aromatic carboxylic acids is 1. The van der Waals surface area contributed by atoms with Crippen molar-refractivity contribution in [2.75, 3.05) is 19.7 Å². The van der Waals surface area contributed by atoms with E-state index in [1.807, 2.05) is 36.4 Å². The van der Waals surface area contributed by atoms with E-state index in [9.17, 15) is 9.90 Å². The standard InChI is InChI=1S/C26H24Br3NO5/c27-19-10-22(28)25(23(29)11-19)34-14-20(31)12-30-13-21-7-5-18-9-17(6-8-24(18)35-21)15-1-3-16(4-2-15)26(32)33/h1-4,6,8-11,20-21,30-31H,5,7,12-14H2,(H,32,33). The SMILES string of the molecule is O=C(O)c1ccc(-c2ccc3c(c2)CCC(CNCC(O)COc2c(Br)cc(Br)cc2Br)O3)cc1. The zero-order chi connectivity index (χ0) is 24.9. The third-order valence-electron chi connectivity index (χ3n) is 5.69. The molecule has 3 N–H and O–H groups in total. The van der Waals surface area contributed by atoms with Gasteiger partial charge in [0, 0.05) is 17.6 Å². The minimum absolute atomic E-state index is 0.0195. The maximum atomic E-state index is 11.1. The molecule has 35 heavy (non-hydrogen) atoms. The zero-order valence-electron chi connectivity index (χ0n) is 18.6.